The first kappa shape index (κ1) is 20.7. The Morgan fingerprint density at radius 2 is 1.77 bits per heavy atom. The lowest BCUT2D eigenvalue weighted by Crippen LogP contribution is -3.12. The summed E-state index contributed by atoms with van der Waals surface area (Å²) in [5.74, 6) is 0.637. The van der Waals surface area contributed by atoms with Crippen molar-refractivity contribution in [2.45, 2.75) is 50.6 Å². The highest BCUT2D eigenvalue weighted by Gasteiger charge is 2.35. The molecule has 3 aromatic rings. The first-order chi connectivity index (χ1) is 14.3. The molecule has 7 nitrogen and oxygen atoms in total. The summed E-state index contributed by atoms with van der Waals surface area (Å²) in [6.07, 6.45) is 0.998. The number of fused-ring (bicyclic) bond motifs is 1. The van der Waals surface area contributed by atoms with Crippen molar-refractivity contribution in [2.24, 2.45) is 5.92 Å². The predicted molar refractivity (Wildman–Crippen MR) is 113 cm³/mol. The Balaban J connectivity index is 1.62. The fourth-order valence-corrected chi connectivity index (χ4v) is 5.53. The normalized spacial score (nSPS) is 17.7. The molecule has 0 radical (unpaired) electrons. The predicted octanol–water partition coefficient (Wildman–Crippen LogP) is 1.75. The van der Waals surface area contributed by atoms with Gasteiger partial charge in [-0.05, 0) is 35.0 Å². The van der Waals surface area contributed by atoms with E-state index in [1.807, 2.05) is 6.92 Å². The highest BCUT2D eigenvalue weighted by molar-refractivity contribution is 7.90. The highest BCUT2D eigenvalue weighted by atomic mass is 32.2. The van der Waals surface area contributed by atoms with Crippen molar-refractivity contribution >= 4 is 9.84 Å². The maximum absolute atomic E-state index is 13.0. The van der Waals surface area contributed by atoms with Gasteiger partial charge in [-0.3, -0.25) is 0 Å². The molecular weight excluding hydrogens is 398 g/mol. The Bertz CT molecular complexity index is 1120. The molecule has 0 spiro atoms. The van der Waals surface area contributed by atoms with Crippen molar-refractivity contribution in [2.75, 3.05) is 6.54 Å². The van der Waals surface area contributed by atoms with Crippen LogP contribution in [0.15, 0.2) is 53.4 Å². The molecule has 0 fully saturated rings. The number of aromatic nitrogens is 4. The summed E-state index contributed by atoms with van der Waals surface area (Å²) in [4.78, 5) is 1.65. The van der Waals surface area contributed by atoms with E-state index in [2.05, 4.69) is 53.6 Å². The SMILES string of the molecule is Cc1ccc(S(=O)(=O)Cn2nnnc2[C@@H](C(C)C)[NH+]2CCc3ccccc3C2)cc1. The molecule has 2 heterocycles. The number of quaternary nitrogens is 1. The van der Waals surface area contributed by atoms with Gasteiger partial charge in [0, 0.05) is 17.9 Å². The van der Waals surface area contributed by atoms with Gasteiger partial charge in [-0.15, -0.1) is 5.10 Å². The molecule has 1 aliphatic heterocycles. The van der Waals surface area contributed by atoms with Gasteiger partial charge in [-0.2, -0.15) is 0 Å². The monoisotopic (exact) mass is 426 g/mol. The molecule has 2 aromatic carbocycles. The smallest absolute Gasteiger partial charge is 0.210 e. The molecule has 1 unspecified atom stereocenters. The summed E-state index contributed by atoms with van der Waals surface area (Å²) in [6, 6.07) is 15.4. The molecule has 0 amide bonds. The van der Waals surface area contributed by atoms with Crippen LogP contribution < -0.4 is 4.90 Å². The number of benzene rings is 2. The zero-order valence-corrected chi connectivity index (χ0v) is 18.4. The maximum atomic E-state index is 13.0. The number of nitrogens with one attached hydrogen (secondary N) is 1. The van der Waals surface area contributed by atoms with Gasteiger partial charge in [-0.25, -0.2) is 13.1 Å². The Kier molecular flexibility index (Phi) is 5.71. The Morgan fingerprint density at radius 1 is 1.07 bits per heavy atom. The van der Waals surface area contributed by atoms with Crippen molar-refractivity contribution in [1.82, 2.24) is 20.2 Å². The first-order valence-corrected chi connectivity index (χ1v) is 12.0. The molecule has 0 saturated carbocycles. The molecule has 0 saturated heterocycles. The number of nitrogens with zero attached hydrogens (tertiary/aromatic N) is 4. The van der Waals surface area contributed by atoms with Crippen molar-refractivity contribution in [1.29, 1.82) is 0 Å². The summed E-state index contributed by atoms with van der Waals surface area (Å²) in [5.41, 5.74) is 3.76. The van der Waals surface area contributed by atoms with Gasteiger partial charge < -0.3 is 4.90 Å². The van der Waals surface area contributed by atoms with Crippen molar-refractivity contribution in [3.63, 3.8) is 0 Å². The minimum Gasteiger partial charge on any atom is -0.322 e. The molecule has 0 aliphatic carbocycles. The fraction of sp³-hybridized carbons (Fsp3) is 0.409. The van der Waals surface area contributed by atoms with Crippen LogP contribution in [0.4, 0.5) is 0 Å². The van der Waals surface area contributed by atoms with Gasteiger partial charge in [0.25, 0.3) is 0 Å². The molecule has 1 N–H and O–H groups in total. The maximum Gasteiger partial charge on any atom is 0.210 e. The van der Waals surface area contributed by atoms with E-state index in [1.54, 1.807) is 24.3 Å². The molecule has 2 atom stereocenters. The second-order valence-corrected chi connectivity index (χ2v) is 10.4. The second kappa shape index (κ2) is 8.28. The van der Waals surface area contributed by atoms with Crippen LogP contribution >= 0.6 is 0 Å². The van der Waals surface area contributed by atoms with Crippen LogP contribution in [0.3, 0.4) is 0 Å². The van der Waals surface area contributed by atoms with E-state index in [0.717, 1.165) is 25.1 Å². The average Bonchev–Trinajstić information content (AvgIpc) is 3.15. The van der Waals surface area contributed by atoms with E-state index < -0.39 is 9.84 Å². The standard InChI is InChI=1S/C22H27N5O2S/c1-16(2)21(26-13-12-18-6-4-5-7-19(18)14-26)22-23-24-25-27(22)15-30(28,29)20-10-8-17(3)9-11-20/h4-11,16,21H,12-15H2,1-3H3/p+1/t21-/m1/s1. The fourth-order valence-electron chi connectivity index (χ4n) is 4.33. The Labute approximate surface area is 177 Å². The van der Waals surface area contributed by atoms with E-state index in [-0.39, 0.29) is 22.7 Å². The van der Waals surface area contributed by atoms with Gasteiger partial charge in [0.15, 0.2) is 21.8 Å². The van der Waals surface area contributed by atoms with E-state index in [4.69, 9.17) is 0 Å². The number of rotatable bonds is 6. The van der Waals surface area contributed by atoms with Gasteiger partial charge in [0.05, 0.1) is 11.4 Å². The van der Waals surface area contributed by atoms with Gasteiger partial charge in [0.2, 0.25) is 5.82 Å². The van der Waals surface area contributed by atoms with E-state index in [1.165, 1.54) is 20.7 Å². The minimum atomic E-state index is -3.55. The van der Waals surface area contributed by atoms with Crippen LogP contribution in [0.1, 0.15) is 42.4 Å². The number of hydrogen-bond donors (Lipinski definition) is 1. The average molecular weight is 427 g/mol. The third kappa shape index (κ3) is 4.15. The molecule has 1 aromatic heterocycles. The number of aryl methyl sites for hydroxylation is 1. The lowest BCUT2D eigenvalue weighted by Gasteiger charge is -2.33. The summed E-state index contributed by atoms with van der Waals surface area (Å²) in [5, 5.41) is 12.2. The lowest BCUT2D eigenvalue weighted by atomic mass is 9.94. The zero-order valence-electron chi connectivity index (χ0n) is 17.6. The third-order valence-electron chi connectivity index (χ3n) is 5.87. The third-order valence-corrected chi connectivity index (χ3v) is 7.44. The van der Waals surface area contributed by atoms with Gasteiger partial charge in [0.1, 0.15) is 6.54 Å². The molecule has 4 rings (SSSR count). The molecule has 1 aliphatic rings. The van der Waals surface area contributed by atoms with Crippen LogP contribution in [0, 0.1) is 12.8 Å². The van der Waals surface area contributed by atoms with Crippen LogP contribution in [-0.2, 0) is 28.7 Å². The van der Waals surface area contributed by atoms with Crippen LogP contribution in [0.5, 0.6) is 0 Å². The van der Waals surface area contributed by atoms with Crippen molar-refractivity contribution in [3.8, 4) is 0 Å². The number of hydrogen-bond acceptors (Lipinski definition) is 5. The Hall–Kier alpha value is -2.58. The van der Waals surface area contributed by atoms with Crippen LogP contribution in [0.2, 0.25) is 0 Å². The summed E-state index contributed by atoms with van der Waals surface area (Å²) in [7, 11) is -3.55. The minimum absolute atomic E-state index is 0.0153. The number of tetrazole rings is 1. The topological polar surface area (TPSA) is 82.2 Å². The van der Waals surface area contributed by atoms with Crippen molar-refractivity contribution in [3.05, 3.63) is 71.0 Å². The largest absolute Gasteiger partial charge is 0.322 e. The molecule has 30 heavy (non-hydrogen) atoms. The lowest BCUT2D eigenvalue weighted by molar-refractivity contribution is -0.951. The summed E-state index contributed by atoms with van der Waals surface area (Å²) < 4.78 is 27.4. The summed E-state index contributed by atoms with van der Waals surface area (Å²) in [6.45, 7) is 8.08. The van der Waals surface area contributed by atoms with E-state index in [0.29, 0.717) is 5.82 Å². The zero-order chi connectivity index (χ0) is 21.3. The molecule has 158 valence electrons. The number of sulfone groups is 1. The van der Waals surface area contributed by atoms with Crippen LogP contribution in [-0.4, -0.2) is 35.2 Å². The molecular formula is C22H28N5O2S+. The van der Waals surface area contributed by atoms with E-state index >= 15 is 0 Å². The molecule has 0 bridgehead atoms. The van der Waals surface area contributed by atoms with Gasteiger partial charge >= 0.3 is 0 Å². The Morgan fingerprint density at radius 3 is 2.47 bits per heavy atom. The van der Waals surface area contributed by atoms with Gasteiger partial charge in [-0.1, -0.05) is 55.8 Å². The first-order valence-electron chi connectivity index (χ1n) is 10.3. The molecule has 8 heteroatoms. The highest BCUT2D eigenvalue weighted by Crippen LogP contribution is 2.21. The summed E-state index contributed by atoms with van der Waals surface area (Å²) >= 11 is 0. The van der Waals surface area contributed by atoms with Crippen LogP contribution in [0.25, 0.3) is 0 Å². The van der Waals surface area contributed by atoms with Crippen molar-refractivity contribution < 1.29 is 13.3 Å². The quantitative estimate of drug-likeness (QED) is 0.649. The second-order valence-electron chi connectivity index (χ2n) is 8.42. The van der Waals surface area contributed by atoms with E-state index in [9.17, 15) is 8.42 Å².